The summed E-state index contributed by atoms with van der Waals surface area (Å²) >= 11 is 3.26. The molecule has 0 unspecified atom stereocenters. The van der Waals surface area contributed by atoms with Crippen LogP contribution in [0, 0.1) is 0 Å². The van der Waals surface area contributed by atoms with Gasteiger partial charge in [0.2, 0.25) is 0 Å². The normalized spacial score (nSPS) is 14.2. The minimum atomic E-state index is -3.51. The first-order valence-corrected chi connectivity index (χ1v) is 9.28. The van der Waals surface area contributed by atoms with Crippen molar-refractivity contribution in [2.24, 2.45) is 0 Å². The Hall–Kier alpha value is -1.99. The molecule has 2 aromatic carbocycles. The van der Waals surface area contributed by atoms with E-state index in [1.54, 1.807) is 36.4 Å². The number of hydrogen-bond donors (Lipinski definition) is 0. The first-order chi connectivity index (χ1) is 10.9. The lowest BCUT2D eigenvalue weighted by molar-refractivity contribution is -0.114. The molecule has 1 aliphatic rings. The zero-order valence-corrected chi connectivity index (χ0v) is 14.3. The van der Waals surface area contributed by atoms with E-state index in [1.165, 1.54) is 17.0 Å². The van der Waals surface area contributed by atoms with Crippen molar-refractivity contribution in [3.8, 4) is 0 Å². The molecule has 0 N–H and O–H groups in total. The third-order valence-electron chi connectivity index (χ3n) is 3.62. The zero-order chi connectivity index (χ0) is 16.6. The number of Topliss-reactive ketones (excluding diaryl/α,β-unsaturated/α-hetero) is 1. The van der Waals surface area contributed by atoms with Crippen LogP contribution >= 0.6 is 15.9 Å². The Morgan fingerprint density at radius 2 is 1.70 bits per heavy atom. The Kier molecular flexibility index (Phi) is 4.08. The van der Waals surface area contributed by atoms with Crippen molar-refractivity contribution < 1.29 is 18.0 Å². The van der Waals surface area contributed by atoms with Gasteiger partial charge in [-0.2, -0.15) is 0 Å². The molecule has 118 valence electrons. The summed E-state index contributed by atoms with van der Waals surface area (Å²) in [6.45, 7) is -0.0591. The number of halogens is 1. The number of anilines is 1. The number of hydrogen-bond acceptors (Lipinski definition) is 4. The lowest BCUT2D eigenvalue weighted by atomic mass is 10.1. The Bertz CT molecular complexity index is 894. The van der Waals surface area contributed by atoms with E-state index in [4.69, 9.17) is 0 Å². The molecule has 1 amide bonds. The minimum Gasteiger partial charge on any atom is -0.304 e. The van der Waals surface area contributed by atoms with Gasteiger partial charge in [-0.25, -0.2) is 8.42 Å². The second-order valence-corrected chi connectivity index (χ2v) is 8.10. The molecule has 0 saturated heterocycles. The van der Waals surface area contributed by atoms with Crippen LogP contribution in [0.5, 0.6) is 0 Å². The van der Waals surface area contributed by atoms with Crippen molar-refractivity contribution >= 4 is 43.1 Å². The standard InChI is InChI=1S/C16H12BrNO4S/c17-11-6-7-14-13(10-11)15(19)16(20)18(14)8-9-23(21,22)12-4-2-1-3-5-12/h1-7,10H,8-9H2. The van der Waals surface area contributed by atoms with E-state index in [-0.39, 0.29) is 17.2 Å². The fourth-order valence-electron chi connectivity index (χ4n) is 2.45. The molecule has 0 fully saturated rings. The first kappa shape index (κ1) is 15.9. The predicted octanol–water partition coefficient (Wildman–Crippen LogP) is 2.45. The van der Waals surface area contributed by atoms with E-state index < -0.39 is 21.5 Å². The van der Waals surface area contributed by atoms with E-state index in [1.807, 2.05) is 0 Å². The number of nitrogens with zero attached hydrogens (tertiary/aromatic N) is 1. The van der Waals surface area contributed by atoms with Crippen LogP contribution in [0.25, 0.3) is 0 Å². The van der Waals surface area contributed by atoms with Crippen molar-refractivity contribution in [2.75, 3.05) is 17.2 Å². The van der Waals surface area contributed by atoms with Crippen LogP contribution in [0.2, 0.25) is 0 Å². The summed E-state index contributed by atoms with van der Waals surface area (Å²) in [4.78, 5) is 25.5. The van der Waals surface area contributed by atoms with E-state index in [0.717, 1.165) is 0 Å². The molecular formula is C16H12BrNO4S. The molecule has 0 spiro atoms. The molecule has 0 bridgehead atoms. The molecule has 2 aromatic rings. The van der Waals surface area contributed by atoms with Gasteiger partial charge < -0.3 is 4.90 Å². The van der Waals surface area contributed by atoms with Crippen LogP contribution in [-0.4, -0.2) is 32.4 Å². The number of carbonyl (C=O) groups is 2. The number of rotatable bonds is 4. The van der Waals surface area contributed by atoms with Crippen LogP contribution in [-0.2, 0) is 14.6 Å². The van der Waals surface area contributed by atoms with E-state index >= 15 is 0 Å². The average molecular weight is 394 g/mol. The summed E-state index contributed by atoms with van der Waals surface area (Å²) < 4.78 is 25.3. The monoisotopic (exact) mass is 393 g/mol. The number of sulfone groups is 1. The van der Waals surface area contributed by atoms with Crippen molar-refractivity contribution in [3.05, 3.63) is 58.6 Å². The highest BCUT2D eigenvalue weighted by molar-refractivity contribution is 9.10. The van der Waals surface area contributed by atoms with Gasteiger partial charge in [0.25, 0.3) is 11.7 Å². The fraction of sp³-hybridized carbons (Fsp3) is 0.125. The molecular weight excluding hydrogens is 382 g/mol. The van der Waals surface area contributed by atoms with Gasteiger partial charge >= 0.3 is 0 Å². The van der Waals surface area contributed by atoms with Crippen molar-refractivity contribution in [2.45, 2.75) is 4.90 Å². The predicted molar refractivity (Wildman–Crippen MR) is 89.3 cm³/mol. The van der Waals surface area contributed by atoms with Crippen LogP contribution in [0.1, 0.15) is 10.4 Å². The molecule has 0 aliphatic carbocycles. The van der Waals surface area contributed by atoms with Gasteiger partial charge in [-0.05, 0) is 30.3 Å². The number of ketones is 1. The number of benzene rings is 2. The second-order valence-electron chi connectivity index (χ2n) is 5.08. The van der Waals surface area contributed by atoms with Gasteiger partial charge in [-0.3, -0.25) is 9.59 Å². The minimum absolute atomic E-state index is 0.0591. The maximum absolute atomic E-state index is 12.3. The fourth-order valence-corrected chi connectivity index (χ4v) is 4.04. The molecule has 0 aromatic heterocycles. The lowest BCUT2D eigenvalue weighted by Gasteiger charge is -2.16. The topological polar surface area (TPSA) is 71.5 Å². The quantitative estimate of drug-likeness (QED) is 0.747. The molecule has 3 rings (SSSR count). The Labute approximate surface area is 142 Å². The summed E-state index contributed by atoms with van der Waals surface area (Å²) in [5.41, 5.74) is 0.743. The molecule has 5 nitrogen and oxygen atoms in total. The summed E-state index contributed by atoms with van der Waals surface area (Å²) in [5.74, 6) is -1.55. The Morgan fingerprint density at radius 1 is 1.00 bits per heavy atom. The molecule has 0 atom stereocenters. The summed E-state index contributed by atoms with van der Waals surface area (Å²) in [6.07, 6.45) is 0. The SMILES string of the molecule is O=C1C(=O)N(CCS(=O)(=O)c2ccccc2)c2ccc(Br)cc21. The lowest BCUT2D eigenvalue weighted by Crippen LogP contribution is -2.34. The van der Waals surface area contributed by atoms with Crippen LogP contribution in [0.15, 0.2) is 57.9 Å². The highest BCUT2D eigenvalue weighted by Gasteiger charge is 2.36. The highest BCUT2D eigenvalue weighted by Crippen LogP contribution is 2.31. The summed E-state index contributed by atoms with van der Waals surface area (Å²) in [5, 5.41) is 0. The third kappa shape index (κ3) is 2.94. The first-order valence-electron chi connectivity index (χ1n) is 6.84. The molecule has 0 radical (unpaired) electrons. The van der Waals surface area contributed by atoms with Gasteiger partial charge in [-0.15, -0.1) is 0 Å². The van der Waals surface area contributed by atoms with Gasteiger partial charge in [-0.1, -0.05) is 34.1 Å². The van der Waals surface area contributed by atoms with E-state index in [9.17, 15) is 18.0 Å². The smallest absolute Gasteiger partial charge is 0.299 e. The third-order valence-corrected chi connectivity index (χ3v) is 5.82. The molecule has 0 saturated carbocycles. The largest absolute Gasteiger partial charge is 0.304 e. The van der Waals surface area contributed by atoms with Crippen LogP contribution in [0.3, 0.4) is 0 Å². The molecule has 1 heterocycles. The Morgan fingerprint density at radius 3 is 2.39 bits per heavy atom. The van der Waals surface area contributed by atoms with Crippen molar-refractivity contribution in [3.63, 3.8) is 0 Å². The number of fused-ring (bicyclic) bond motifs is 1. The second kappa shape index (κ2) is 5.90. The molecule has 23 heavy (non-hydrogen) atoms. The number of amides is 1. The van der Waals surface area contributed by atoms with E-state index in [0.29, 0.717) is 15.7 Å². The highest BCUT2D eigenvalue weighted by atomic mass is 79.9. The van der Waals surface area contributed by atoms with Crippen molar-refractivity contribution in [1.29, 1.82) is 0 Å². The zero-order valence-electron chi connectivity index (χ0n) is 11.9. The van der Waals surface area contributed by atoms with Gasteiger partial charge in [0.15, 0.2) is 9.84 Å². The van der Waals surface area contributed by atoms with Crippen molar-refractivity contribution in [1.82, 2.24) is 0 Å². The van der Waals surface area contributed by atoms with Crippen LogP contribution < -0.4 is 4.90 Å². The Balaban J connectivity index is 1.85. The van der Waals surface area contributed by atoms with Crippen LogP contribution in [0.4, 0.5) is 5.69 Å². The maximum atomic E-state index is 12.3. The van der Waals surface area contributed by atoms with Gasteiger partial charge in [0.1, 0.15) is 0 Å². The molecule has 7 heteroatoms. The maximum Gasteiger partial charge on any atom is 0.299 e. The number of carbonyl (C=O) groups excluding carboxylic acids is 2. The summed E-state index contributed by atoms with van der Waals surface area (Å²) in [6, 6.07) is 13.0. The van der Waals surface area contributed by atoms with Gasteiger partial charge in [0.05, 0.1) is 21.9 Å². The summed E-state index contributed by atoms with van der Waals surface area (Å²) in [7, 11) is -3.51. The molecule has 1 aliphatic heterocycles. The van der Waals surface area contributed by atoms with E-state index in [2.05, 4.69) is 15.9 Å². The van der Waals surface area contributed by atoms with Gasteiger partial charge in [0, 0.05) is 11.0 Å². The average Bonchev–Trinajstić information content (AvgIpc) is 2.78.